The van der Waals surface area contributed by atoms with Crippen molar-refractivity contribution in [2.24, 2.45) is 10.2 Å². The van der Waals surface area contributed by atoms with E-state index in [-0.39, 0.29) is 5.88 Å². The molecule has 7 nitrogen and oxygen atoms in total. The number of azo groups is 1. The van der Waals surface area contributed by atoms with Gasteiger partial charge in [0, 0.05) is 22.3 Å². The van der Waals surface area contributed by atoms with Crippen molar-refractivity contribution in [2.45, 2.75) is 32.4 Å². The lowest BCUT2D eigenvalue weighted by molar-refractivity contribution is -0.921. The summed E-state index contributed by atoms with van der Waals surface area (Å²) in [5.74, 6) is -0.455. The van der Waals surface area contributed by atoms with Gasteiger partial charge in [-0.05, 0) is 56.0 Å². The third-order valence-corrected chi connectivity index (χ3v) is 5.81. The molecule has 1 aliphatic rings. The number of likely N-dealkylation sites (tertiary alicyclic amines) is 1. The first-order chi connectivity index (χ1) is 14.1. The number of nitrogens with one attached hydrogen (secondary N) is 1. The highest BCUT2D eigenvalue weighted by molar-refractivity contribution is 9.10. The number of aromatic hydroxyl groups is 1. The van der Waals surface area contributed by atoms with Gasteiger partial charge in [-0.15, -0.1) is 10.2 Å². The molecule has 1 amide bonds. The van der Waals surface area contributed by atoms with Crippen molar-refractivity contribution in [1.82, 2.24) is 9.55 Å². The number of amides is 1. The maximum atomic E-state index is 12.3. The van der Waals surface area contributed by atoms with Crippen molar-refractivity contribution >= 4 is 38.4 Å². The fourth-order valence-electron chi connectivity index (χ4n) is 3.81. The summed E-state index contributed by atoms with van der Waals surface area (Å²) in [5.41, 5.74) is 1.55. The van der Waals surface area contributed by atoms with Crippen molar-refractivity contribution in [3.63, 3.8) is 0 Å². The fourth-order valence-corrected chi connectivity index (χ4v) is 4.17. The first kappa shape index (κ1) is 19.7. The summed E-state index contributed by atoms with van der Waals surface area (Å²) in [6, 6.07) is 9.10. The lowest BCUT2D eigenvalue weighted by Crippen LogP contribution is -3.11. The van der Waals surface area contributed by atoms with Gasteiger partial charge in [0.25, 0.3) is 5.91 Å². The van der Waals surface area contributed by atoms with Crippen LogP contribution in [0.25, 0.3) is 10.9 Å². The average molecular weight is 457 g/mol. The predicted molar refractivity (Wildman–Crippen MR) is 114 cm³/mol. The van der Waals surface area contributed by atoms with Crippen LogP contribution in [-0.2, 0) is 6.67 Å². The van der Waals surface area contributed by atoms with Crippen molar-refractivity contribution in [2.75, 3.05) is 13.1 Å². The van der Waals surface area contributed by atoms with Gasteiger partial charge in [-0.1, -0.05) is 15.9 Å². The molecule has 0 bridgehead atoms. The van der Waals surface area contributed by atoms with Crippen molar-refractivity contribution in [1.29, 1.82) is 0 Å². The van der Waals surface area contributed by atoms with Gasteiger partial charge in [0.1, 0.15) is 0 Å². The Morgan fingerprint density at radius 1 is 1.21 bits per heavy atom. The lowest BCUT2D eigenvalue weighted by Gasteiger charge is -2.18. The van der Waals surface area contributed by atoms with Crippen LogP contribution in [0, 0.1) is 0 Å². The van der Waals surface area contributed by atoms with Crippen molar-refractivity contribution < 1.29 is 14.8 Å². The summed E-state index contributed by atoms with van der Waals surface area (Å²) < 4.78 is 2.75. The SMILES string of the molecule is O=C(N=Nc1c(O)n(C[NH+]2CCCCCC2)c2ccc(Br)cc12)c1cccnc1. The van der Waals surface area contributed by atoms with Gasteiger partial charge in [-0.2, -0.15) is 0 Å². The number of rotatable bonds is 4. The van der Waals surface area contributed by atoms with E-state index in [0.717, 1.165) is 28.5 Å². The van der Waals surface area contributed by atoms with Gasteiger partial charge >= 0.3 is 0 Å². The third kappa shape index (κ3) is 4.38. The Morgan fingerprint density at radius 3 is 2.72 bits per heavy atom. The minimum Gasteiger partial charge on any atom is -0.493 e. The standard InChI is InChI=1S/C21H22BrN5O2/c22-16-7-8-18-17(12-16)19(24-25-20(28)15-6-5-9-23-13-15)21(29)27(18)14-26-10-3-1-2-4-11-26/h5-9,12-13,29H,1-4,10-11,14H2/p+1. The number of benzene rings is 1. The number of nitrogens with zero attached hydrogens (tertiary/aromatic N) is 4. The van der Waals surface area contributed by atoms with Crippen LogP contribution in [0.5, 0.6) is 5.88 Å². The number of aromatic nitrogens is 2. The predicted octanol–water partition coefficient (Wildman–Crippen LogP) is 3.84. The summed E-state index contributed by atoms with van der Waals surface area (Å²) in [6.45, 7) is 2.84. The number of carbonyl (C=O) groups is 1. The second-order valence-corrected chi connectivity index (χ2v) is 8.25. The van der Waals surface area contributed by atoms with Crippen LogP contribution < -0.4 is 4.90 Å². The molecule has 0 unspecified atom stereocenters. The van der Waals surface area contributed by atoms with Gasteiger partial charge in [0.05, 0.1) is 24.2 Å². The van der Waals surface area contributed by atoms with E-state index in [9.17, 15) is 9.90 Å². The molecule has 150 valence electrons. The second kappa shape index (κ2) is 8.84. The zero-order chi connectivity index (χ0) is 20.2. The lowest BCUT2D eigenvalue weighted by atomic mass is 10.2. The zero-order valence-electron chi connectivity index (χ0n) is 16.0. The molecule has 1 fully saturated rings. The van der Waals surface area contributed by atoms with Gasteiger partial charge in [0.2, 0.25) is 5.88 Å². The van der Waals surface area contributed by atoms with E-state index in [4.69, 9.17) is 0 Å². The topological polar surface area (TPSA) is 84.3 Å². The summed E-state index contributed by atoms with van der Waals surface area (Å²) >= 11 is 3.48. The molecule has 2 aromatic heterocycles. The maximum absolute atomic E-state index is 12.3. The van der Waals surface area contributed by atoms with Crippen molar-refractivity contribution in [3.8, 4) is 5.88 Å². The second-order valence-electron chi connectivity index (χ2n) is 7.33. The summed E-state index contributed by atoms with van der Waals surface area (Å²) in [4.78, 5) is 17.7. The van der Waals surface area contributed by atoms with Crippen LogP contribution in [-0.4, -0.2) is 33.7 Å². The number of hydrogen-bond donors (Lipinski definition) is 2. The molecule has 8 heteroatoms. The Bertz CT molecular complexity index is 1040. The highest BCUT2D eigenvalue weighted by atomic mass is 79.9. The molecule has 1 aliphatic heterocycles. The van der Waals surface area contributed by atoms with Crippen LogP contribution in [0.1, 0.15) is 36.0 Å². The summed E-state index contributed by atoms with van der Waals surface area (Å²) in [7, 11) is 0. The summed E-state index contributed by atoms with van der Waals surface area (Å²) in [6.07, 6.45) is 7.98. The number of pyridine rings is 1. The minimum atomic E-state index is -0.494. The Hall–Kier alpha value is -2.58. The van der Waals surface area contributed by atoms with E-state index >= 15 is 0 Å². The molecule has 29 heavy (non-hydrogen) atoms. The number of hydrogen-bond acceptors (Lipinski definition) is 4. The summed E-state index contributed by atoms with van der Waals surface area (Å²) in [5, 5.41) is 19.7. The Labute approximate surface area is 177 Å². The first-order valence-corrected chi connectivity index (χ1v) is 10.6. The Balaban J connectivity index is 1.69. The van der Waals surface area contributed by atoms with E-state index in [1.165, 1.54) is 36.8 Å². The van der Waals surface area contributed by atoms with Crippen LogP contribution in [0.15, 0.2) is 57.4 Å². The first-order valence-electron chi connectivity index (χ1n) is 9.84. The van der Waals surface area contributed by atoms with Gasteiger partial charge in [-0.3, -0.25) is 14.3 Å². The normalized spacial score (nSPS) is 15.8. The number of halogens is 1. The zero-order valence-corrected chi connectivity index (χ0v) is 17.6. The fraction of sp³-hybridized carbons (Fsp3) is 0.333. The van der Waals surface area contributed by atoms with E-state index in [1.54, 1.807) is 18.3 Å². The molecule has 0 aliphatic carbocycles. The molecular formula is C21H23BrN5O2+. The van der Waals surface area contributed by atoms with E-state index < -0.39 is 5.91 Å². The molecular weight excluding hydrogens is 434 g/mol. The smallest absolute Gasteiger partial charge is 0.296 e. The largest absolute Gasteiger partial charge is 0.493 e. The van der Waals surface area contributed by atoms with Gasteiger partial charge in [0.15, 0.2) is 12.4 Å². The molecule has 3 heterocycles. The van der Waals surface area contributed by atoms with Crippen molar-refractivity contribution in [3.05, 3.63) is 52.8 Å². The molecule has 4 rings (SSSR count). The molecule has 0 atom stereocenters. The van der Waals surface area contributed by atoms with Crippen LogP contribution in [0.2, 0.25) is 0 Å². The van der Waals surface area contributed by atoms with Gasteiger partial charge < -0.3 is 10.0 Å². The van der Waals surface area contributed by atoms with Crippen LogP contribution in [0.3, 0.4) is 0 Å². The number of fused-ring (bicyclic) bond motifs is 1. The average Bonchev–Trinajstić information content (AvgIpc) is 2.90. The van der Waals surface area contributed by atoms with Crippen LogP contribution in [0.4, 0.5) is 5.69 Å². The maximum Gasteiger partial charge on any atom is 0.296 e. The molecule has 2 N–H and O–H groups in total. The van der Waals surface area contributed by atoms with E-state index in [2.05, 4.69) is 31.1 Å². The molecule has 1 saturated heterocycles. The molecule has 1 aromatic carbocycles. The van der Waals surface area contributed by atoms with Gasteiger partial charge in [-0.25, -0.2) is 0 Å². The van der Waals surface area contributed by atoms with Crippen LogP contribution >= 0.6 is 15.9 Å². The minimum absolute atomic E-state index is 0.0394. The quantitative estimate of drug-likeness (QED) is 0.584. The Kier molecular flexibility index (Phi) is 6.01. The number of carbonyl (C=O) groups excluding carboxylic acids is 1. The number of quaternary nitrogens is 1. The molecule has 0 saturated carbocycles. The monoisotopic (exact) mass is 456 g/mol. The Morgan fingerprint density at radius 2 is 2.00 bits per heavy atom. The highest BCUT2D eigenvalue weighted by Crippen LogP contribution is 2.39. The molecule has 3 aromatic rings. The van der Waals surface area contributed by atoms with E-state index in [1.807, 2.05) is 22.8 Å². The van der Waals surface area contributed by atoms with E-state index in [0.29, 0.717) is 17.9 Å². The molecule has 0 radical (unpaired) electrons. The molecule has 0 spiro atoms. The highest BCUT2D eigenvalue weighted by Gasteiger charge is 2.21. The third-order valence-electron chi connectivity index (χ3n) is 5.31.